The monoisotopic (exact) mass is 378 g/mol. The van der Waals surface area contributed by atoms with Crippen LogP contribution in [0.4, 0.5) is 0 Å². The van der Waals surface area contributed by atoms with Gasteiger partial charge in [0.15, 0.2) is 12.4 Å². The van der Waals surface area contributed by atoms with Gasteiger partial charge in [-0.2, -0.15) is 0 Å². The van der Waals surface area contributed by atoms with Gasteiger partial charge in [0.05, 0.1) is 17.3 Å². The molecule has 1 aliphatic heterocycles. The van der Waals surface area contributed by atoms with Gasteiger partial charge in [-0.05, 0) is 43.0 Å². The Hall–Kier alpha value is -3.15. The number of hydrogen-bond acceptors (Lipinski definition) is 5. The lowest BCUT2D eigenvalue weighted by atomic mass is 9.99. The molecule has 1 amide bonds. The smallest absolute Gasteiger partial charge is 0.339 e. The summed E-state index contributed by atoms with van der Waals surface area (Å²) in [5.41, 5.74) is 1.59. The van der Waals surface area contributed by atoms with Gasteiger partial charge in [0.1, 0.15) is 5.69 Å². The summed E-state index contributed by atoms with van der Waals surface area (Å²) < 4.78 is 10.8. The van der Waals surface area contributed by atoms with Crippen LogP contribution < -0.4 is 0 Å². The van der Waals surface area contributed by atoms with Gasteiger partial charge in [0.2, 0.25) is 0 Å². The van der Waals surface area contributed by atoms with Crippen LogP contribution in [0.2, 0.25) is 0 Å². The highest BCUT2D eigenvalue weighted by molar-refractivity contribution is 6.05. The topological polar surface area (TPSA) is 72.6 Å². The third kappa shape index (κ3) is 3.76. The van der Waals surface area contributed by atoms with Gasteiger partial charge in [-0.3, -0.25) is 4.79 Å². The molecule has 3 heterocycles. The Morgan fingerprint density at radius 2 is 1.96 bits per heavy atom. The zero-order valence-corrected chi connectivity index (χ0v) is 15.8. The highest BCUT2D eigenvalue weighted by atomic mass is 16.5. The molecule has 4 rings (SSSR count). The van der Waals surface area contributed by atoms with Crippen LogP contribution in [0.3, 0.4) is 0 Å². The van der Waals surface area contributed by atoms with E-state index in [-0.39, 0.29) is 12.5 Å². The number of furan rings is 1. The fourth-order valence-corrected chi connectivity index (χ4v) is 3.45. The maximum Gasteiger partial charge on any atom is 0.339 e. The normalized spacial score (nSPS) is 15.0. The number of ether oxygens (including phenoxy) is 1. The van der Waals surface area contributed by atoms with E-state index in [0.717, 1.165) is 25.9 Å². The van der Waals surface area contributed by atoms with Crippen LogP contribution in [0.15, 0.2) is 53.1 Å². The number of hydrogen-bond donors (Lipinski definition) is 0. The summed E-state index contributed by atoms with van der Waals surface area (Å²) in [4.78, 5) is 31.5. The van der Waals surface area contributed by atoms with Gasteiger partial charge < -0.3 is 14.1 Å². The molecule has 6 nitrogen and oxygen atoms in total. The molecular weight excluding hydrogens is 356 g/mol. The molecule has 0 radical (unpaired) electrons. The maximum atomic E-state index is 12.8. The Labute approximate surface area is 163 Å². The van der Waals surface area contributed by atoms with Gasteiger partial charge in [-0.25, -0.2) is 9.78 Å². The van der Waals surface area contributed by atoms with E-state index in [1.165, 1.54) is 0 Å². The molecule has 0 spiro atoms. The number of amides is 1. The molecule has 0 unspecified atom stereocenters. The van der Waals surface area contributed by atoms with Crippen molar-refractivity contribution in [3.05, 3.63) is 54.3 Å². The van der Waals surface area contributed by atoms with Crippen molar-refractivity contribution in [3.8, 4) is 11.5 Å². The fraction of sp³-hybridized carbons (Fsp3) is 0.318. The van der Waals surface area contributed by atoms with Crippen LogP contribution in [0.5, 0.6) is 0 Å². The van der Waals surface area contributed by atoms with E-state index >= 15 is 0 Å². The van der Waals surface area contributed by atoms with Gasteiger partial charge in [-0.1, -0.05) is 25.1 Å². The summed E-state index contributed by atoms with van der Waals surface area (Å²) in [5.74, 6) is 0.517. The lowest BCUT2D eigenvalue weighted by Gasteiger charge is -2.30. The lowest BCUT2D eigenvalue weighted by molar-refractivity contribution is -0.135. The second kappa shape index (κ2) is 7.84. The molecule has 0 bridgehead atoms. The van der Waals surface area contributed by atoms with Crippen molar-refractivity contribution in [1.82, 2.24) is 9.88 Å². The molecule has 0 aliphatic carbocycles. The van der Waals surface area contributed by atoms with Gasteiger partial charge in [0, 0.05) is 18.5 Å². The van der Waals surface area contributed by atoms with Crippen molar-refractivity contribution >= 4 is 22.8 Å². The molecule has 0 atom stereocenters. The first kappa shape index (κ1) is 18.2. The quantitative estimate of drug-likeness (QED) is 0.644. The molecule has 0 saturated carbocycles. The SMILES string of the molecule is CC1CCN(C(=O)COC(=O)c2cc(-c3ccco3)nc3ccccc23)CC1. The lowest BCUT2D eigenvalue weighted by Crippen LogP contribution is -2.40. The number of likely N-dealkylation sites (tertiary alicyclic amines) is 1. The van der Waals surface area contributed by atoms with Crippen molar-refractivity contribution in [1.29, 1.82) is 0 Å². The average Bonchev–Trinajstić information content (AvgIpc) is 3.26. The molecule has 1 saturated heterocycles. The number of fused-ring (bicyclic) bond motifs is 1. The number of aromatic nitrogens is 1. The summed E-state index contributed by atoms with van der Waals surface area (Å²) in [6.07, 6.45) is 3.53. The number of para-hydroxylation sites is 1. The predicted octanol–water partition coefficient (Wildman–Crippen LogP) is 3.91. The van der Waals surface area contributed by atoms with E-state index in [2.05, 4.69) is 11.9 Å². The summed E-state index contributed by atoms with van der Waals surface area (Å²) in [7, 11) is 0. The van der Waals surface area contributed by atoms with Crippen molar-refractivity contribution in [2.24, 2.45) is 5.92 Å². The van der Waals surface area contributed by atoms with E-state index in [4.69, 9.17) is 9.15 Å². The van der Waals surface area contributed by atoms with Crippen LogP contribution >= 0.6 is 0 Å². The van der Waals surface area contributed by atoms with E-state index in [9.17, 15) is 9.59 Å². The predicted molar refractivity (Wildman–Crippen MR) is 105 cm³/mol. The number of carbonyl (C=O) groups excluding carboxylic acids is 2. The molecule has 6 heteroatoms. The molecular formula is C22H22N2O4. The average molecular weight is 378 g/mol. The first-order chi connectivity index (χ1) is 13.6. The Morgan fingerprint density at radius 1 is 1.18 bits per heavy atom. The Morgan fingerprint density at radius 3 is 2.71 bits per heavy atom. The molecule has 3 aromatic rings. The van der Waals surface area contributed by atoms with E-state index in [1.54, 1.807) is 29.4 Å². The Balaban J connectivity index is 1.54. The number of piperidine rings is 1. The van der Waals surface area contributed by atoms with Crippen molar-refractivity contribution in [2.75, 3.05) is 19.7 Å². The number of rotatable bonds is 4. The molecule has 144 valence electrons. The highest BCUT2D eigenvalue weighted by Crippen LogP contribution is 2.26. The molecule has 2 aromatic heterocycles. The first-order valence-corrected chi connectivity index (χ1v) is 9.50. The van der Waals surface area contributed by atoms with Crippen LogP contribution in [-0.4, -0.2) is 41.5 Å². The van der Waals surface area contributed by atoms with Crippen molar-refractivity contribution in [3.63, 3.8) is 0 Å². The van der Waals surface area contributed by atoms with Crippen LogP contribution in [-0.2, 0) is 9.53 Å². The van der Waals surface area contributed by atoms with Gasteiger partial charge in [-0.15, -0.1) is 0 Å². The van der Waals surface area contributed by atoms with E-state index in [0.29, 0.717) is 33.8 Å². The molecule has 1 aliphatic rings. The number of carbonyl (C=O) groups is 2. The summed E-state index contributed by atoms with van der Waals surface area (Å²) in [6.45, 7) is 3.38. The molecule has 1 aromatic carbocycles. The third-order valence-electron chi connectivity index (χ3n) is 5.17. The fourth-order valence-electron chi connectivity index (χ4n) is 3.45. The van der Waals surface area contributed by atoms with Crippen molar-refractivity contribution in [2.45, 2.75) is 19.8 Å². The largest absolute Gasteiger partial charge is 0.463 e. The minimum absolute atomic E-state index is 0.148. The second-order valence-corrected chi connectivity index (χ2v) is 7.19. The molecule has 28 heavy (non-hydrogen) atoms. The zero-order valence-electron chi connectivity index (χ0n) is 15.8. The minimum atomic E-state index is -0.537. The van der Waals surface area contributed by atoms with Gasteiger partial charge >= 0.3 is 5.97 Å². The maximum absolute atomic E-state index is 12.8. The number of benzene rings is 1. The second-order valence-electron chi connectivity index (χ2n) is 7.19. The third-order valence-corrected chi connectivity index (χ3v) is 5.17. The summed E-state index contributed by atoms with van der Waals surface area (Å²) in [5, 5.41) is 0.682. The van der Waals surface area contributed by atoms with Gasteiger partial charge in [0.25, 0.3) is 5.91 Å². The van der Waals surface area contributed by atoms with Crippen LogP contribution in [0, 0.1) is 5.92 Å². The number of esters is 1. The Kier molecular flexibility index (Phi) is 5.10. The number of pyridine rings is 1. The standard InChI is InChI=1S/C22H22N2O4/c1-15-8-10-24(11-9-15)21(25)14-28-22(26)17-13-19(20-7-4-12-27-20)23-18-6-3-2-5-16(17)18/h2-7,12-13,15H,8-11,14H2,1H3. The van der Waals surface area contributed by atoms with Crippen molar-refractivity contribution < 1.29 is 18.7 Å². The zero-order chi connectivity index (χ0) is 19.5. The molecule has 0 N–H and O–H groups in total. The van der Waals surface area contributed by atoms with E-state index in [1.807, 2.05) is 24.3 Å². The van der Waals surface area contributed by atoms with E-state index < -0.39 is 5.97 Å². The van der Waals surface area contributed by atoms with Crippen LogP contribution in [0.1, 0.15) is 30.1 Å². The summed E-state index contributed by atoms with van der Waals surface area (Å²) in [6, 6.07) is 12.5. The number of nitrogens with zero attached hydrogens (tertiary/aromatic N) is 2. The minimum Gasteiger partial charge on any atom is -0.463 e. The van der Waals surface area contributed by atoms with Crippen LogP contribution in [0.25, 0.3) is 22.4 Å². The molecule has 1 fully saturated rings. The highest BCUT2D eigenvalue weighted by Gasteiger charge is 2.22. The summed E-state index contributed by atoms with van der Waals surface area (Å²) >= 11 is 0. The first-order valence-electron chi connectivity index (χ1n) is 9.50. The Bertz CT molecular complexity index is 989.